The number of nitrogens with two attached hydrogens (primary N) is 1. The van der Waals surface area contributed by atoms with Crippen molar-refractivity contribution in [3.63, 3.8) is 0 Å². The lowest BCUT2D eigenvalue weighted by molar-refractivity contribution is -0.132. The summed E-state index contributed by atoms with van der Waals surface area (Å²) in [7, 11) is 0. The summed E-state index contributed by atoms with van der Waals surface area (Å²) in [6.07, 6.45) is 2.34. The molecular formula is C25H24N4O3. The molecule has 0 radical (unpaired) electrons. The van der Waals surface area contributed by atoms with Crippen molar-refractivity contribution in [2.75, 3.05) is 13.2 Å². The number of carbonyl (C=O) groups excluding carboxylic acids is 2. The number of amides is 1. The second-order valence-corrected chi connectivity index (χ2v) is 7.78. The molecule has 1 unspecified atom stereocenters. The number of hydrogen-bond acceptors (Lipinski definition) is 6. The number of ether oxygens (including phenoxy) is 1. The second kappa shape index (κ2) is 10.2. The van der Waals surface area contributed by atoms with Crippen LogP contribution in [0.4, 0.5) is 0 Å². The van der Waals surface area contributed by atoms with E-state index in [9.17, 15) is 9.59 Å². The molecule has 2 aliphatic rings. The Labute approximate surface area is 186 Å². The van der Waals surface area contributed by atoms with Crippen molar-refractivity contribution in [2.45, 2.75) is 31.5 Å². The molecule has 0 bridgehead atoms. The van der Waals surface area contributed by atoms with Gasteiger partial charge in [-0.1, -0.05) is 36.1 Å². The molecule has 0 spiro atoms. The molecule has 162 valence electrons. The fourth-order valence-electron chi connectivity index (χ4n) is 3.48. The second-order valence-electron chi connectivity index (χ2n) is 7.78. The number of aliphatic imine (C=N–C) groups is 2. The highest BCUT2D eigenvalue weighted by atomic mass is 16.5. The Bertz CT molecular complexity index is 1100. The minimum atomic E-state index is -0.805. The molecule has 0 aliphatic carbocycles. The number of benzene rings is 2. The van der Waals surface area contributed by atoms with Crippen molar-refractivity contribution in [3.05, 3.63) is 70.8 Å². The van der Waals surface area contributed by atoms with Gasteiger partial charge < -0.3 is 15.8 Å². The van der Waals surface area contributed by atoms with Gasteiger partial charge in [0.05, 0.1) is 12.3 Å². The molecule has 2 aliphatic heterocycles. The van der Waals surface area contributed by atoms with Crippen molar-refractivity contribution >= 4 is 23.7 Å². The predicted octanol–water partition coefficient (Wildman–Crippen LogP) is 1.93. The van der Waals surface area contributed by atoms with Crippen molar-refractivity contribution in [2.24, 2.45) is 15.7 Å². The zero-order valence-electron chi connectivity index (χ0n) is 17.6. The molecule has 3 N–H and O–H groups in total. The number of nitrogens with zero attached hydrogens (tertiary/aromatic N) is 2. The molecule has 2 heterocycles. The molecule has 1 saturated heterocycles. The maximum absolute atomic E-state index is 11.8. The first-order chi connectivity index (χ1) is 15.6. The van der Waals surface area contributed by atoms with Crippen LogP contribution in [0, 0.1) is 11.8 Å². The monoisotopic (exact) mass is 428 g/mol. The number of hydrogen-bond donors (Lipinski definition) is 2. The molecule has 1 fully saturated rings. The summed E-state index contributed by atoms with van der Waals surface area (Å²) < 4.78 is 5.38. The van der Waals surface area contributed by atoms with E-state index in [4.69, 9.17) is 10.5 Å². The van der Waals surface area contributed by atoms with Crippen molar-refractivity contribution in [3.8, 4) is 11.8 Å². The van der Waals surface area contributed by atoms with Crippen molar-refractivity contribution < 1.29 is 14.3 Å². The SMILES string of the molecule is NC(CC1=NC=NC(=O)C1=O)c1ccc(C#Cc2ccc(CN[C@@H]3CCOC3)cc2)cc1. The number of rotatable bonds is 6. The van der Waals surface area contributed by atoms with E-state index in [1.165, 1.54) is 5.56 Å². The highest BCUT2D eigenvalue weighted by molar-refractivity contribution is 6.66. The van der Waals surface area contributed by atoms with Gasteiger partial charge in [0, 0.05) is 42.8 Å². The molecule has 4 rings (SSSR count). The van der Waals surface area contributed by atoms with Gasteiger partial charge in [-0.05, 0) is 41.8 Å². The van der Waals surface area contributed by atoms with Gasteiger partial charge in [0.1, 0.15) is 6.34 Å². The summed E-state index contributed by atoms with van der Waals surface area (Å²) in [5, 5.41) is 3.50. The van der Waals surface area contributed by atoms with E-state index in [0.717, 1.165) is 49.2 Å². The van der Waals surface area contributed by atoms with Gasteiger partial charge in [0.25, 0.3) is 5.78 Å². The molecular weight excluding hydrogens is 404 g/mol. The van der Waals surface area contributed by atoms with Crippen LogP contribution in [0.3, 0.4) is 0 Å². The van der Waals surface area contributed by atoms with Gasteiger partial charge in [0.2, 0.25) is 0 Å². The van der Waals surface area contributed by atoms with Crippen molar-refractivity contribution in [1.82, 2.24) is 5.32 Å². The van der Waals surface area contributed by atoms with Crippen LogP contribution in [0.5, 0.6) is 0 Å². The van der Waals surface area contributed by atoms with Crippen LogP contribution >= 0.6 is 0 Å². The Hall–Kier alpha value is -3.44. The van der Waals surface area contributed by atoms with Crippen LogP contribution in [0.25, 0.3) is 0 Å². The molecule has 32 heavy (non-hydrogen) atoms. The smallest absolute Gasteiger partial charge is 0.320 e. The lowest BCUT2D eigenvalue weighted by Crippen LogP contribution is -2.29. The number of ketones is 1. The van der Waals surface area contributed by atoms with Crippen molar-refractivity contribution in [1.29, 1.82) is 0 Å². The van der Waals surface area contributed by atoms with E-state index in [1.54, 1.807) is 0 Å². The average molecular weight is 428 g/mol. The van der Waals surface area contributed by atoms with Crippen LogP contribution in [-0.4, -0.2) is 43.0 Å². The summed E-state index contributed by atoms with van der Waals surface area (Å²) in [6, 6.07) is 15.7. The van der Waals surface area contributed by atoms with Gasteiger partial charge in [-0.25, -0.2) is 4.99 Å². The third kappa shape index (κ3) is 5.62. The highest BCUT2D eigenvalue weighted by Gasteiger charge is 2.24. The zero-order chi connectivity index (χ0) is 22.3. The number of nitrogens with one attached hydrogen (secondary N) is 1. The van der Waals surface area contributed by atoms with Crippen LogP contribution in [0.2, 0.25) is 0 Å². The summed E-state index contributed by atoms with van der Waals surface area (Å²) in [4.78, 5) is 30.4. The third-order valence-corrected chi connectivity index (χ3v) is 5.43. The lowest BCUT2D eigenvalue weighted by Gasteiger charge is -2.13. The summed E-state index contributed by atoms with van der Waals surface area (Å²) in [5.74, 6) is 4.83. The van der Waals surface area contributed by atoms with Gasteiger partial charge in [-0.3, -0.25) is 9.59 Å². The molecule has 0 aromatic heterocycles. The van der Waals surface area contributed by atoms with E-state index in [1.807, 2.05) is 36.4 Å². The van der Waals surface area contributed by atoms with Gasteiger partial charge >= 0.3 is 5.91 Å². The van der Waals surface area contributed by atoms with E-state index < -0.39 is 17.7 Å². The van der Waals surface area contributed by atoms with E-state index >= 15 is 0 Å². The Balaban J connectivity index is 1.32. The Morgan fingerprint density at radius 2 is 1.75 bits per heavy atom. The summed E-state index contributed by atoms with van der Waals surface area (Å²) >= 11 is 0. The molecule has 2 atom stereocenters. The lowest BCUT2D eigenvalue weighted by atomic mass is 9.98. The predicted molar refractivity (Wildman–Crippen MR) is 122 cm³/mol. The first-order valence-corrected chi connectivity index (χ1v) is 10.5. The summed E-state index contributed by atoms with van der Waals surface area (Å²) in [6.45, 7) is 2.45. The first kappa shape index (κ1) is 21.8. The summed E-state index contributed by atoms with van der Waals surface area (Å²) in [5.41, 5.74) is 10.2. The fraction of sp³-hybridized carbons (Fsp3) is 0.280. The van der Waals surface area contributed by atoms with Gasteiger partial charge in [-0.2, -0.15) is 4.99 Å². The largest absolute Gasteiger partial charge is 0.380 e. The molecule has 1 amide bonds. The first-order valence-electron chi connectivity index (χ1n) is 10.5. The Morgan fingerprint density at radius 3 is 2.41 bits per heavy atom. The standard InChI is InChI=1S/C25H24N4O3/c26-22(13-23-24(30)25(31)29-16-28-23)20-9-7-18(8-10-20)2-1-17-3-5-19(6-4-17)14-27-21-11-12-32-15-21/h3-10,16,21-22,27H,11-15,26H2/t21-,22?/m1/s1. The average Bonchev–Trinajstić information content (AvgIpc) is 3.34. The normalized spacial score (nSPS) is 18.8. The van der Waals surface area contributed by atoms with Crippen LogP contribution in [0.1, 0.15) is 41.1 Å². The minimum absolute atomic E-state index is 0.136. The maximum Gasteiger partial charge on any atom is 0.320 e. The van der Waals surface area contributed by atoms with E-state index in [2.05, 4.69) is 39.3 Å². The zero-order valence-corrected chi connectivity index (χ0v) is 17.6. The minimum Gasteiger partial charge on any atom is -0.380 e. The van der Waals surface area contributed by atoms with Gasteiger partial charge in [-0.15, -0.1) is 0 Å². The van der Waals surface area contributed by atoms with Gasteiger partial charge in [0.15, 0.2) is 0 Å². The third-order valence-electron chi connectivity index (χ3n) is 5.43. The number of Topliss-reactive ketones (excluding diaryl/α,β-unsaturated/α-hetero) is 1. The van der Waals surface area contributed by atoms with E-state index in [-0.39, 0.29) is 12.1 Å². The molecule has 2 aromatic rings. The van der Waals surface area contributed by atoms with Crippen LogP contribution < -0.4 is 11.1 Å². The topological polar surface area (TPSA) is 106 Å². The Kier molecular flexibility index (Phi) is 6.97. The Morgan fingerprint density at radius 1 is 1.06 bits per heavy atom. The molecule has 7 heteroatoms. The molecule has 7 nitrogen and oxygen atoms in total. The number of carbonyl (C=O) groups is 2. The quantitative estimate of drug-likeness (QED) is 0.540. The van der Waals surface area contributed by atoms with Crippen LogP contribution in [-0.2, 0) is 20.9 Å². The highest BCUT2D eigenvalue weighted by Crippen LogP contribution is 2.17. The maximum atomic E-state index is 11.8. The fourth-order valence-corrected chi connectivity index (χ4v) is 3.48. The molecule has 0 saturated carbocycles. The van der Waals surface area contributed by atoms with E-state index in [0.29, 0.717) is 6.04 Å². The van der Waals surface area contributed by atoms with Crippen LogP contribution in [0.15, 0.2) is 58.5 Å². The molecule has 2 aromatic carbocycles.